The van der Waals surface area contributed by atoms with E-state index in [2.05, 4.69) is 23.9 Å². The molecule has 0 amide bonds. The second-order valence-corrected chi connectivity index (χ2v) is 5.47. The highest BCUT2D eigenvalue weighted by molar-refractivity contribution is 5.73. The normalized spacial score (nSPS) is 19.2. The Kier molecular flexibility index (Phi) is 4.60. The first-order valence-electron chi connectivity index (χ1n) is 6.99. The van der Waals surface area contributed by atoms with E-state index in [-0.39, 0.29) is 0 Å². The number of hydrogen-bond donors (Lipinski definition) is 1. The van der Waals surface area contributed by atoms with Gasteiger partial charge < -0.3 is 25.0 Å². The molecular formula is C15H25N3O2. The first-order chi connectivity index (χ1) is 9.56. The smallest absolute Gasteiger partial charge is 0.162 e. The molecule has 1 aliphatic rings. The minimum Gasteiger partial charge on any atom is -0.493 e. The second kappa shape index (κ2) is 6.22. The van der Waals surface area contributed by atoms with Crippen LogP contribution in [0, 0.1) is 0 Å². The monoisotopic (exact) mass is 279 g/mol. The molecule has 0 saturated carbocycles. The van der Waals surface area contributed by atoms with Crippen LogP contribution < -0.4 is 20.1 Å². The lowest BCUT2D eigenvalue weighted by molar-refractivity contribution is 0.258. The number of ether oxygens (including phenoxy) is 2. The number of piperidine rings is 1. The maximum Gasteiger partial charge on any atom is 0.162 e. The van der Waals surface area contributed by atoms with E-state index in [1.54, 1.807) is 14.2 Å². The quantitative estimate of drug-likeness (QED) is 0.852. The summed E-state index contributed by atoms with van der Waals surface area (Å²) in [4.78, 5) is 4.62. The number of nitrogen functional groups attached to an aromatic ring is 1. The molecule has 112 valence electrons. The summed E-state index contributed by atoms with van der Waals surface area (Å²) in [6.45, 7) is 2.02. The van der Waals surface area contributed by atoms with E-state index in [0.717, 1.165) is 30.2 Å². The van der Waals surface area contributed by atoms with Crippen LogP contribution in [0.2, 0.25) is 0 Å². The molecule has 2 N–H and O–H groups in total. The standard InChI is InChI=1S/C15H25N3O2/c1-17(2)11-6-5-7-18(10-11)13-9-15(20-4)14(19-3)8-12(13)16/h8-9,11H,5-7,10,16H2,1-4H3. The largest absolute Gasteiger partial charge is 0.493 e. The Hall–Kier alpha value is -1.62. The Bertz CT molecular complexity index is 463. The highest BCUT2D eigenvalue weighted by atomic mass is 16.5. The highest BCUT2D eigenvalue weighted by Gasteiger charge is 2.23. The summed E-state index contributed by atoms with van der Waals surface area (Å²) in [5, 5.41) is 0. The predicted molar refractivity (Wildman–Crippen MR) is 82.9 cm³/mol. The van der Waals surface area contributed by atoms with Crippen LogP contribution in [-0.4, -0.2) is 52.3 Å². The second-order valence-electron chi connectivity index (χ2n) is 5.47. The maximum atomic E-state index is 6.18. The Morgan fingerprint density at radius 3 is 2.45 bits per heavy atom. The highest BCUT2D eigenvalue weighted by Crippen LogP contribution is 2.37. The van der Waals surface area contributed by atoms with E-state index in [9.17, 15) is 0 Å². The molecule has 1 saturated heterocycles. The molecule has 1 heterocycles. The van der Waals surface area contributed by atoms with Crippen LogP contribution in [0.4, 0.5) is 11.4 Å². The summed E-state index contributed by atoms with van der Waals surface area (Å²) in [6, 6.07) is 4.39. The van der Waals surface area contributed by atoms with E-state index in [1.165, 1.54) is 12.8 Å². The van der Waals surface area contributed by atoms with E-state index in [4.69, 9.17) is 15.2 Å². The van der Waals surface area contributed by atoms with Crippen molar-refractivity contribution in [2.45, 2.75) is 18.9 Å². The minimum absolute atomic E-state index is 0.566. The summed E-state index contributed by atoms with van der Waals surface area (Å²) >= 11 is 0. The maximum absolute atomic E-state index is 6.18. The zero-order valence-electron chi connectivity index (χ0n) is 12.8. The summed E-state index contributed by atoms with van der Waals surface area (Å²) in [6.07, 6.45) is 2.41. The van der Waals surface area contributed by atoms with Crippen molar-refractivity contribution in [1.29, 1.82) is 0 Å². The average Bonchev–Trinajstić information content (AvgIpc) is 2.46. The van der Waals surface area contributed by atoms with Gasteiger partial charge in [-0.05, 0) is 26.9 Å². The number of nitrogens with zero attached hydrogens (tertiary/aromatic N) is 2. The third-order valence-corrected chi connectivity index (χ3v) is 4.00. The van der Waals surface area contributed by atoms with Crippen molar-refractivity contribution in [2.75, 3.05) is 52.0 Å². The summed E-state index contributed by atoms with van der Waals surface area (Å²) in [5.41, 5.74) is 7.96. The third kappa shape index (κ3) is 2.93. The summed E-state index contributed by atoms with van der Waals surface area (Å²) < 4.78 is 10.7. The van der Waals surface area contributed by atoms with Crippen LogP contribution in [0.25, 0.3) is 0 Å². The van der Waals surface area contributed by atoms with Gasteiger partial charge in [-0.1, -0.05) is 0 Å². The number of methoxy groups -OCH3 is 2. The van der Waals surface area contributed by atoms with Gasteiger partial charge in [0.2, 0.25) is 0 Å². The molecule has 5 nitrogen and oxygen atoms in total. The predicted octanol–water partition coefficient (Wildman–Crippen LogP) is 1.82. The van der Waals surface area contributed by atoms with E-state index in [0.29, 0.717) is 11.8 Å². The Balaban J connectivity index is 2.27. The van der Waals surface area contributed by atoms with Crippen molar-refractivity contribution in [2.24, 2.45) is 0 Å². The number of rotatable bonds is 4. The summed E-state index contributed by atoms with van der Waals surface area (Å²) in [5.74, 6) is 1.40. The molecule has 1 aromatic rings. The van der Waals surface area contributed by atoms with Gasteiger partial charge in [0.05, 0.1) is 25.6 Å². The molecular weight excluding hydrogens is 254 g/mol. The van der Waals surface area contributed by atoms with Crippen molar-refractivity contribution in [3.63, 3.8) is 0 Å². The van der Waals surface area contributed by atoms with E-state index >= 15 is 0 Å². The Morgan fingerprint density at radius 2 is 1.85 bits per heavy atom. The molecule has 0 aromatic heterocycles. The van der Waals surface area contributed by atoms with Gasteiger partial charge in [-0.25, -0.2) is 0 Å². The van der Waals surface area contributed by atoms with Crippen LogP contribution in [-0.2, 0) is 0 Å². The fraction of sp³-hybridized carbons (Fsp3) is 0.600. The number of benzene rings is 1. The van der Waals surface area contributed by atoms with Crippen LogP contribution in [0.15, 0.2) is 12.1 Å². The van der Waals surface area contributed by atoms with Crippen molar-refractivity contribution < 1.29 is 9.47 Å². The molecule has 1 aromatic carbocycles. The zero-order chi connectivity index (χ0) is 14.7. The van der Waals surface area contributed by atoms with Crippen molar-refractivity contribution in [1.82, 2.24) is 4.90 Å². The molecule has 1 fully saturated rings. The van der Waals surface area contributed by atoms with Gasteiger partial charge in [-0.3, -0.25) is 0 Å². The lowest BCUT2D eigenvalue weighted by atomic mass is 10.0. The summed E-state index contributed by atoms with van der Waals surface area (Å²) in [7, 11) is 7.54. The molecule has 1 unspecified atom stereocenters. The number of likely N-dealkylation sites (N-methyl/N-ethyl adjacent to an activating group) is 1. The molecule has 5 heteroatoms. The SMILES string of the molecule is COc1cc(N)c(N2CCCC(N(C)C)C2)cc1OC. The van der Waals surface area contributed by atoms with Gasteiger partial charge in [0.15, 0.2) is 11.5 Å². The van der Waals surface area contributed by atoms with Gasteiger partial charge in [0, 0.05) is 31.3 Å². The van der Waals surface area contributed by atoms with Crippen molar-refractivity contribution in [3.05, 3.63) is 12.1 Å². The first kappa shape index (κ1) is 14.8. The first-order valence-corrected chi connectivity index (χ1v) is 6.99. The average molecular weight is 279 g/mol. The molecule has 0 aliphatic carbocycles. The topological polar surface area (TPSA) is 51.0 Å². The van der Waals surface area contributed by atoms with E-state index in [1.807, 2.05) is 12.1 Å². The molecule has 0 radical (unpaired) electrons. The molecule has 0 spiro atoms. The lowest BCUT2D eigenvalue weighted by Gasteiger charge is -2.38. The van der Waals surface area contributed by atoms with Crippen LogP contribution in [0.5, 0.6) is 11.5 Å². The molecule has 1 aliphatic heterocycles. The fourth-order valence-corrected chi connectivity index (χ4v) is 2.75. The Morgan fingerprint density at radius 1 is 1.20 bits per heavy atom. The number of hydrogen-bond acceptors (Lipinski definition) is 5. The van der Waals surface area contributed by atoms with Crippen molar-refractivity contribution in [3.8, 4) is 11.5 Å². The van der Waals surface area contributed by atoms with Crippen molar-refractivity contribution >= 4 is 11.4 Å². The van der Waals surface area contributed by atoms with Crippen LogP contribution in [0.1, 0.15) is 12.8 Å². The van der Waals surface area contributed by atoms with Crippen LogP contribution in [0.3, 0.4) is 0 Å². The van der Waals surface area contributed by atoms with Gasteiger partial charge in [-0.2, -0.15) is 0 Å². The minimum atomic E-state index is 0.566. The number of nitrogens with two attached hydrogens (primary N) is 1. The van der Waals surface area contributed by atoms with Gasteiger partial charge in [-0.15, -0.1) is 0 Å². The number of anilines is 2. The fourth-order valence-electron chi connectivity index (χ4n) is 2.75. The van der Waals surface area contributed by atoms with Gasteiger partial charge in [0.25, 0.3) is 0 Å². The van der Waals surface area contributed by atoms with Crippen LogP contribution >= 0.6 is 0 Å². The zero-order valence-corrected chi connectivity index (χ0v) is 12.8. The van der Waals surface area contributed by atoms with E-state index < -0.39 is 0 Å². The third-order valence-electron chi connectivity index (χ3n) is 4.00. The molecule has 0 bridgehead atoms. The van der Waals surface area contributed by atoms with Gasteiger partial charge in [0.1, 0.15) is 0 Å². The van der Waals surface area contributed by atoms with Gasteiger partial charge >= 0.3 is 0 Å². The molecule has 2 rings (SSSR count). The molecule has 1 atom stereocenters. The lowest BCUT2D eigenvalue weighted by Crippen LogP contribution is -2.45. The Labute approximate surface area is 121 Å². The molecule has 20 heavy (non-hydrogen) atoms.